The topological polar surface area (TPSA) is 135 Å². The van der Waals surface area contributed by atoms with Crippen LogP contribution in [0.2, 0.25) is 10.0 Å². The van der Waals surface area contributed by atoms with Gasteiger partial charge >= 0.3 is 30.0 Å². The summed E-state index contributed by atoms with van der Waals surface area (Å²) in [5, 5.41) is 0.986. The Morgan fingerprint density at radius 2 is 0.986 bits per heavy atom. The van der Waals surface area contributed by atoms with E-state index in [9.17, 15) is 24.0 Å². The molecule has 3 atom stereocenters. The standard InChI is InChI=1S/C60H93Cl2NO10/c1-5-7-9-11-13-15-17-19-21-23-25-27-29-35-56(64)69-44-49(45-70-57(65)36-30-28-26-24-22-20-18-16-14-12-10-8-6-2)73-59(67)42-47(3)41-58(66)71-46-72-60(68)63(4)55-40-38-50(51-33-31-32-34-52(51)55)48-37-39-53(61)54(62)43-48/h31-34,37,39,43,47,49-50,55H,5-30,35-36,38,40-42,44-46H2,1-4H3. The molecule has 0 aliphatic heterocycles. The molecule has 73 heavy (non-hydrogen) atoms. The maximum Gasteiger partial charge on any atom is 0.412 e. The summed E-state index contributed by atoms with van der Waals surface area (Å²) in [4.78, 5) is 66.1. The van der Waals surface area contributed by atoms with Crippen LogP contribution in [-0.4, -0.2) is 68.0 Å². The molecule has 0 bridgehead atoms. The third-order valence-electron chi connectivity index (χ3n) is 14.1. The van der Waals surface area contributed by atoms with E-state index in [1.165, 1.54) is 120 Å². The number of ether oxygens (including phenoxy) is 5. The molecule has 0 radical (unpaired) electrons. The molecule has 0 saturated heterocycles. The SMILES string of the molecule is CCCCCCCCCCCCCCCC(=O)OCC(COC(=O)CCCCCCCCCCCCCCC)OC(=O)CC(C)CC(=O)OCOC(=O)N(C)C1CCC(c2ccc(Cl)c(Cl)c2)c2ccccc21. The molecule has 1 amide bonds. The van der Waals surface area contributed by atoms with Gasteiger partial charge in [0.05, 0.1) is 16.1 Å². The number of unbranched alkanes of at least 4 members (excludes halogenated alkanes) is 24. The van der Waals surface area contributed by atoms with Gasteiger partial charge in [-0.3, -0.25) is 19.2 Å². The van der Waals surface area contributed by atoms with E-state index >= 15 is 0 Å². The van der Waals surface area contributed by atoms with Crippen molar-refractivity contribution in [3.63, 3.8) is 0 Å². The number of halogens is 2. The van der Waals surface area contributed by atoms with Crippen molar-refractivity contribution in [1.82, 2.24) is 4.90 Å². The number of carbonyl (C=O) groups is 5. The summed E-state index contributed by atoms with van der Waals surface area (Å²) in [6, 6.07) is 13.4. The number of nitrogens with zero attached hydrogens (tertiary/aromatic N) is 1. The van der Waals surface area contributed by atoms with Gasteiger partial charge in [-0.1, -0.05) is 228 Å². The van der Waals surface area contributed by atoms with Gasteiger partial charge in [-0.15, -0.1) is 0 Å². The van der Waals surface area contributed by atoms with Gasteiger partial charge in [-0.2, -0.15) is 0 Å². The highest BCUT2D eigenvalue weighted by Gasteiger charge is 2.33. The van der Waals surface area contributed by atoms with Crippen LogP contribution >= 0.6 is 23.2 Å². The van der Waals surface area contributed by atoms with Crippen molar-refractivity contribution in [1.29, 1.82) is 0 Å². The zero-order chi connectivity index (χ0) is 52.9. The zero-order valence-corrected chi connectivity index (χ0v) is 46.9. The fraction of sp³-hybridized carbons (Fsp3) is 0.717. The number of carbonyl (C=O) groups excluding carboxylic acids is 5. The summed E-state index contributed by atoms with van der Waals surface area (Å²) in [6.07, 6.45) is 31.4. The van der Waals surface area contributed by atoms with E-state index in [2.05, 4.69) is 19.9 Å². The van der Waals surface area contributed by atoms with Gasteiger partial charge in [-0.05, 0) is 60.4 Å². The second-order valence-corrected chi connectivity index (χ2v) is 21.4. The number of benzene rings is 2. The summed E-state index contributed by atoms with van der Waals surface area (Å²) in [7, 11) is 1.66. The third-order valence-corrected chi connectivity index (χ3v) is 14.9. The molecule has 0 fully saturated rings. The molecule has 3 rings (SSSR count). The monoisotopic (exact) mass is 1060 g/mol. The number of esters is 4. The van der Waals surface area contributed by atoms with Crippen LogP contribution in [0.25, 0.3) is 0 Å². The number of hydrogen-bond acceptors (Lipinski definition) is 10. The summed E-state index contributed by atoms with van der Waals surface area (Å²) >= 11 is 12.5. The van der Waals surface area contributed by atoms with E-state index < -0.39 is 36.8 Å². The van der Waals surface area contributed by atoms with Crippen LogP contribution in [0.1, 0.15) is 255 Å². The van der Waals surface area contributed by atoms with Gasteiger partial charge in [0.25, 0.3) is 0 Å². The summed E-state index contributed by atoms with van der Waals surface area (Å²) in [5.41, 5.74) is 3.13. The normalized spacial score (nSPS) is 14.6. The first-order valence-corrected chi connectivity index (χ1v) is 29.3. The summed E-state index contributed by atoms with van der Waals surface area (Å²) < 4.78 is 27.4. The highest BCUT2D eigenvalue weighted by atomic mass is 35.5. The first-order valence-electron chi connectivity index (χ1n) is 28.5. The lowest BCUT2D eigenvalue weighted by molar-refractivity contribution is -0.168. The smallest absolute Gasteiger partial charge is 0.412 e. The molecule has 1 aliphatic rings. The third kappa shape index (κ3) is 28.0. The Bertz CT molecular complexity index is 1810. The lowest BCUT2D eigenvalue weighted by atomic mass is 9.76. The average Bonchev–Trinajstić information content (AvgIpc) is 3.37. The zero-order valence-electron chi connectivity index (χ0n) is 45.4. The highest BCUT2D eigenvalue weighted by Crippen LogP contribution is 2.44. The maximum absolute atomic E-state index is 13.2. The lowest BCUT2D eigenvalue weighted by Gasteiger charge is -2.36. The van der Waals surface area contributed by atoms with Crippen molar-refractivity contribution in [3.05, 3.63) is 69.2 Å². The minimum atomic E-state index is -0.993. The molecule has 11 nitrogen and oxygen atoms in total. The van der Waals surface area contributed by atoms with Crippen molar-refractivity contribution < 1.29 is 47.7 Å². The number of rotatable bonds is 41. The molecule has 2 aromatic rings. The summed E-state index contributed by atoms with van der Waals surface area (Å²) in [6.45, 7) is 5.13. The Labute approximate surface area is 450 Å². The van der Waals surface area contributed by atoms with E-state index in [-0.39, 0.29) is 62.8 Å². The quantitative estimate of drug-likeness (QED) is 0.0274. The van der Waals surface area contributed by atoms with Gasteiger partial charge < -0.3 is 28.6 Å². The first kappa shape index (κ1) is 63.5. The number of amides is 1. The molecular weight excluding hydrogens is 966 g/mol. The molecule has 0 heterocycles. The van der Waals surface area contributed by atoms with Crippen molar-refractivity contribution in [2.75, 3.05) is 27.1 Å². The van der Waals surface area contributed by atoms with Gasteiger partial charge in [0, 0.05) is 38.6 Å². The maximum atomic E-state index is 13.2. The molecule has 0 N–H and O–H groups in total. The molecule has 2 aromatic carbocycles. The predicted molar refractivity (Wildman–Crippen MR) is 293 cm³/mol. The van der Waals surface area contributed by atoms with Crippen molar-refractivity contribution in [2.45, 2.75) is 244 Å². The molecule has 13 heteroatoms. The van der Waals surface area contributed by atoms with Crippen molar-refractivity contribution >= 4 is 53.2 Å². The fourth-order valence-corrected chi connectivity index (χ4v) is 10.1. The average molecular weight is 1060 g/mol. The largest absolute Gasteiger partial charge is 0.462 e. The fourth-order valence-electron chi connectivity index (χ4n) is 9.76. The van der Waals surface area contributed by atoms with Crippen LogP contribution in [0.4, 0.5) is 4.79 Å². The molecule has 1 aliphatic carbocycles. The predicted octanol–water partition coefficient (Wildman–Crippen LogP) is 16.9. The minimum Gasteiger partial charge on any atom is -0.462 e. The van der Waals surface area contributed by atoms with Gasteiger partial charge in [-0.25, -0.2) is 4.79 Å². The van der Waals surface area contributed by atoms with Crippen LogP contribution in [0.5, 0.6) is 0 Å². The van der Waals surface area contributed by atoms with Crippen LogP contribution in [-0.2, 0) is 42.9 Å². The lowest BCUT2D eigenvalue weighted by Crippen LogP contribution is -2.35. The number of fused-ring (bicyclic) bond motifs is 1. The van der Waals surface area contributed by atoms with Crippen LogP contribution in [0.15, 0.2) is 42.5 Å². The van der Waals surface area contributed by atoms with E-state index in [0.717, 1.165) is 74.5 Å². The Kier molecular flexibility index (Phi) is 34.4. The molecule has 0 spiro atoms. The Morgan fingerprint density at radius 3 is 1.47 bits per heavy atom. The Hall–Kier alpha value is -3.83. The first-order chi connectivity index (χ1) is 35.4. The second kappa shape index (κ2) is 39.6. The van der Waals surface area contributed by atoms with Crippen molar-refractivity contribution in [2.24, 2.45) is 5.92 Å². The Balaban J connectivity index is 1.39. The summed E-state index contributed by atoms with van der Waals surface area (Å²) in [5.74, 6) is -2.46. The van der Waals surface area contributed by atoms with Crippen LogP contribution in [0.3, 0.4) is 0 Å². The van der Waals surface area contributed by atoms with Crippen LogP contribution < -0.4 is 0 Å². The minimum absolute atomic E-state index is 0.0835. The van der Waals surface area contributed by atoms with Crippen LogP contribution in [0, 0.1) is 5.92 Å². The van der Waals surface area contributed by atoms with E-state index in [1.54, 1.807) is 20.0 Å². The highest BCUT2D eigenvalue weighted by molar-refractivity contribution is 6.42. The number of hydrogen-bond donors (Lipinski definition) is 0. The van der Waals surface area contributed by atoms with Gasteiger partial charge in [0.2, 0.25) is 6.79 Å². The molecule has 0 saturated carbocycles. The van der Waals surface area contributed by atoms with E-state index in [0.29, 0.717) is 16.5 Å². The Morgan fingerprint density at radius 1 is 0.534 bits per heavy atom. The second-order valence-electron chi connectivity index (χ2n) is 20.6. The molecule has 0 aromatic heterocycles. The van der Waals surface area contributed by atoms with Crippen molar-refractivity contribution in [3.8, 4) is 0 Å². The molecular formula is C60H93Cl2NO10. The van der Waals surface area contributed by atoms with E-state index in [4.69, 9.17) is 46.9 Å². The molecule has 3 unspecified atom stereocenters. The van der Waals surface area contributed by atoms with Gasteiger partial charge in [0.15, 0.2) is 6.10 Å². The molecule has 412 valence electrons. The van der Waals surface area contributed by atoms with Gasteiger partial charge in [0.1, 0.15) is 13.2 Å². The van der Waals surface area contributed by atoms with E-state index in [1.807, 2.05) is 30.3 Å².